The average molecular weight is 459 g/mol. The van der Waals surface area contributed by atoms with E-state index < -0.39 is 40.5 Å². The Morgan fingerprint density at radius 3 is 1.83 bits per heavy atom. The van der Waals surface area contributed by atoms with Crippen molar-refractivity contribution in [1.29, 1.82) is 5.26 Å². The van der Waals surface area contributed by atoms with Gasteiger partial charge in [0.25, 0.3) is 0 Å². The monoisotopic (exact) mass is 459 g/mol. The summed E-state index contributed by atoms with van der Waals surface area (Å²) >= 11 is 1.53. The van der Waals surface area contributed by atoms with Gasteiger partial charge < -0.3 is 0 Å². The van der Waals surface area contributed by atoms with Crippen LogP contribution in [0.15, 0.2) is 58.5 Å². The number of nitrogens with zero attached hydrogens (tertiary/aromatic N) is 1. The Morgan fingerprint density at radius 2 is 1.42 bits per heavy atom. The Balaban J connectivity index is 2.80. The van der Waals surface area contributed by atoms with Gasteiger partial charge in [0, 0.05) is 20.3 Å². The molecule has 0 aliphatic heterocycles. The third-order valence-corrected chi connectivity index (χ3v) is 4.21. The molecule has 9 heteroatoms. The molecule has 0 atom stereocenters. The Hall–Kier alpha value is -1.83. The van der Waals surface area contributed by atoms with Crippen molar-refractivity contribution in [2.45, 2.75) is 12.4 Å². The fourth-order valence-electron chi connectivity index (χ4n) is 2.01. The molecule has 0 saturated heterocycles. The third kappa shape index (κ3) is 3.48. The van der Waals surface area contributed by atoms with Crippen LogP contribution in [0.5, 0.6) is 0 Å². The second-order valence-electron chi connectivity index (χ2n) is 4.60. The van der Waals surface area contributed by atoms with Gasteiger partial charge in [-0.25, -0.2) is 4.39 Å². The number of alkyl halides is 6. The molecule has 1 aliphatic carbocycles. The molecule has 24 heavy (non-hydrogen) atoms. The highest BCUT2D eigenvalue weighted by atomic mass is 127. The van der Waals surface area contributed by atoms with Gasteiger partial charge in [-0.2, -0.15) is 31.6 Å². The van der Waals surface area contributed by atoms with Crippen LogP contribution in [0.3, 0.4) is 0 Å². The smallest absolute Gasteiger partial charge is 0.201 e. The van der Waals surface area contributed by atoms with E-state index in [2.05, 4.69) is 0 Å². The molecular formula is C15H5F7IN. The van der Waals surface area contributed by atoms with E-state index in [1.807, 2.05) is 0 Å². The topological polar surface area (TPSA) is 23.8 Å². The summed E-state index contributed by atoms with van der Waals surface area (Å²) < 4.78 is 89.8. The lowest BCUT2D eigenvalue weighted by atomic mass is 10.2. The van der Waals surface area contributed by atoms with Crippen LogP contribution in [0.1, 0.15) is 5.56 Å². The SMILES string of the molecule is N#C/C(=C1/C(=C(F)C(F)(F)F)/C1=C(/I)c1ccccc1)C(F)(F)F. The van der Waals surface area contributed by atoms with Crippen molar-refractivity contribution in [3.63, 3.8) is 0 Å². The first-order valence-corrected chi connectivity index (χ1v) is 7.22. The lowest BCUT2D eigenvalue weighted by Crippen LogP contribution is -2.11. The van der Waals surface area contributed by atoms with Crippen molar-refractivity contribution in [3.8, 4) is 6.07 Å². The molecule has 1 aromatic carbocycles. The van der Waals surface area contributed by atoms with Gasteiger partial charge in [-0.3, -0.25) is 0 Å². The minimum absolute atomic E-state index is 0.00500. The predicted octanol–water partition coefficient (Wildman–Crippen LogP) is 6.01. The normalized spacial score (nSPS) is 21.1. The number of benzene rings is 1. The second-order valence-corrected chi connectivity index (χ2v) is 5.68. The summed E-state index contributed by atoms with van der Waals surface area (Å²) in [6.45, 7) is 0. The molecule has 0 heterocycles. The maximum Gasteiger partial charge on any atom is 0.443 e. The van der Waals surface area contributed by atoms with Crippen LogP contribution in [0.4, 0.5) is 30.7 Å². The van der Waals surface area contributed by atoms with Crippen molar-refractivity contribution < 1.29 is 30.7 Å². The van der Waals surface area contributed by atoms with E-state index in [0.29, 0.717) is 5.56 Å². The minimum atomic E-state index is -5.44. The van der Waals surface area contributed by atoms with Gasteiger partial charge in [-0.15, -0.1) is 0 Å². The largest absolute Gasteiger partial charge is 0.443 e. The van der Waals surface area contributed by atoms with Crippen LogP contribution in [-0.4, -0.2) is 12.4 Å². The fraction of sp³-hybridized carbons (Fsp3) is 0.133. The number of allylic oxidation sites excluding steroid dienone is 5. The van der Waals surface area contributed by atoms with Gasteiger partial charge in [0.05, 0.1) is 0 Å². The van der Waals surface area contributed by atoms with Crippen molar-refractivity contribution in [3.05, 3.63) is 64.0 Å². The highest BCUT2D eigenvalue weighted by molar-refractivity contribution is 14.1. The number of hydrogen-bond acceptors (Lipinski definition) is 1. The first kappa shape index (κ1) is 18.5. The molecule has 0 aromatic heterocycles. The van der Waals surface area contributed by atoms with Crippen molar-refractivity contribution >= 4 is 26.2 Å². The zero-order valence-corrected chi connectivity index (χ0v) is 13.5. The van der Waals surface area contributed by atoms with Gasteiger partial charge in [-0.05, 0) is 28.2 Å². The van der Waals surface area contributed by atoms with Gasteiger partial charge in [0.1, 0.15) is 11.6 Å². The Morgan fingerprint density at radius 1 is 0.875 bits per heavy atom. The van der Waals surface area contributed by atoms with Crippen molar-refractivity contribution in [1.82, 2.24) is 0 Å². The molecule has 1 aliphatic rings. The third-order valence-electron chi connectivity index (χ3n) is 3.05. The lowest BCUT2D eigenvalue weighted by molar-refractivity contribution is -0.109. The summed E-state index contributed by atoms with van der Waals surface area (Å²) in [5, 5.41) is 8.67. The Bertz CT molecular complexity index is 805. The fourth-order valence-corrected chi connectivity index (χ4v) is 2.91. The summed E-state index contributed by atoms with van der Waals surface area (Å²) in [7, 11) is 0. The minimum Gasteiger partial charge on any atom is -0.201 e. The van der Waals surface area contributed by atoms with Crippen LogP contribution in [0, 0.1) is 11.3 Å². The average Bonchev–Trinajstić information content (AvgIpc) is 3.19. The molecule has 0 N–H and O–H groups in total. The Labute approximate surface area is 144 Å². The molecule has 1 saturated carbocycles. The number of rotatable bonds is 1. The zero-order chi connectivity index (χ0) is 18.3. The quantitative estimate of drug-likeness (QED) is 0.287. The molecule has 0 spiro atoms. The number of nitriles is 1. The molecule has 1 fully saturated rings. The van der Waals surface area contributed by atoms with E-state index >= 15 is 0 Å². The van der Waals surface area contributed by atoms with Crippen molar-refractivity contribution in [2.24, 2.45) is 0 Å². The molecule has 1 aromatic rings. The van der Waals surface area contributed by atoms with Crippen molar-refractivity contribution in [2.75, 3.05) is 0 Å². The van der Waals surface area contributed by atoms with E-state index in [1.54, 1.807) is 6.07 Å². The van der Waals surface area contributed by atoms with Crippen LogP contribution in [0.2, 0.25) is 0 Å². The highest BCUT2D eigenvalue weighted by Gasteiger charge is 2.52. The summed E-state index contributed by atoms with van der Waals surface area (Å²) in [5.74, 6) is -2.64. The van der Waals surface area contributed by atoms with E-state index in [-0.39, 0.29) is 3.58 Å². The highest BCUT2D eigenvalue weighted by Crippen LogP contribution is 2.58. The van der Waals surface area contributed by atoms with E-state index in [1.165, 1.54) is 46.9 Å². The molecule has 0 bridgehead atoms. The second kappa shape index (κ2) is 6.23. The lowest BCUT2D eigenvalue weighted by Gasteiger charge is -2.02. The molecule has 126 valence electrons. The molecule has 0 amide bonds. The molecule has 0 unspecified atom stereocenters. The van der Waals surface area contributed by atoms with E-state index in [4.69, 9.17) is 5.26 Å². The Kier molecular flexibility index (Phi) is 4.81. The summed E-state index contributed by atoms with van der Waals surface area (Å²) in [6.07, 6.45) is -10.6. The van der Waals surface area contributed by atoms with Gasteiger partial charge in [0.15, 0.2) is 0 Å². The van der Waals surface area contributed by atoms with E-state index in [0.717, 1.165) is 6.07 Å². The molecule has 0 radical (unpaired) electrons. The molecule has 2 rings (SSSR count). The summed E-state index contributed by atoms with van der Waals surface area (Å²) in [5.41, 5.74) is -4.35. The summed E-state index contributed by atoms with van der Waals surface area (Å²) in [4.78, 5) is 0. The maximum absolute atomic E-state index is 13.6. The summed E-state index contributed by atoms with van der Waals surface area (Å²) in [6, 6.07) is 8.38. The van der Waals surface area contributed by atoms with E-state index in [9.17, 15) is 30.7 Å². The maximum atomic E-state index is 13.6. The molecule has 1 nitrogen and oxygen atoms in total. The first-order chi connectivity index (χ1) is 11.0. The number of halogens is 8. The van der Waals surface area contributed by atoms with Crippen LogP contribution >= 0.6 is 22.6 Å². The first-order valence-electron chi connectivity index (χ1n) is 6.15. The predicted molar refractivity (Wildman–Crippen MR) is 80.3 cm³/mol. The number of hydrogen-bond donors (Lipinski definition) is 0. The van der Waals surface area contributed by atoms with Crippen LogP contribution < -0.4 is 0 Å². The van der Waals surface area contributed by atoms with Crippen LogP contribution in [-0.2, 0) is 0 Å². The zero-order valence-electron chi connectivity index (χ0n) is 11.4. The van der Waals surface area contributed by atoms with Gasteiger partial charge in [-0.1, -0.05) is 30.3 Å². The van der Waals surface area contributed by atoms with Crippen LogP contribution in [0.25, 0.3) is 3.58 Å². The van der Waals surface area contributed by atoms with Gasteiger partial charge >= 0.3 is 12.4 Å². The van der Waals surface area contributed by atoms with Gasteiger partial charge in [0.2, 0.25) is 5.83 Å². The molecular weight excluding hydrogens is 454 g/mol. The standard InChI is InChI=1S/C15H5F7IN/c16-13(15(20,21)22)11-9(8(6-24)14(17,18)19)10(11)12(23)7-4-2-1-3-5-7/h1-5H/b9-8-,12-10+,13-11?.